The fourth-order valence-corrected chi connectivity index (χ4v) is 0.175. The van der Waals surface area contributed by atoms with Gasteiger partial charge in [0.15, 0.2) is 6.10 Å². The SMILES string of the molecule is CCC(O)C(=O)O.[Ti]. The van der Waals surface area contributed by atoms with Crippen molar-refractivity contribution in [1.29, 1.82) is 0 Å². The van der Waals surface area contributed by atoms with Crippen molar-refractivity contribution in [3.8, 4) is 0 Å². The molecule has 1 atom stereocenters. The van der Waals surface area contributed by atoms with Crippen LogP contribution in [0.15, 0.2) is 0 Å². The summed E-state index contributed by atoms with van der Waals surface area (Å²) in [5, 5.41) is 16.3. The van der Waals surface area contributed by atoms with Gasteiger partial charge in [0.05, 0.1) is 0 Å². The Morgan fingerprint density at radius 3 is 2.12 bits per heavy atom. The van der Waals surface area contributed by atoms with Crippen molar-refractivity contribution in [3.63, 3.8) is 0 Å². The van der Waals surface area contributed by atoms with Gasteiger partial charge < -0.3 is 10.2 Å². The molecule has 2 N–H and O–H groups in total. The topological polar surface area (TPSA) is 57.5 Å². The van der Waals surface area contributed by atoms with E-state index >= 15 is 0 Å². The molecule has 0 heterocycles. The summed E-state index contributed by atoms with van der Waals surface area (Å²) in [5.74, 6) is -1.15. The third-order valence-corrected chi connectivity index (χ3v) is 0.672. The Hall–Kier alpha value is 0.144. The number of rotatable bonds is 2. The van der Waals surface area contributed by atoms with Crippen molar-refractivity contribution in [2.24, 2.45) is 0 Å². The molecule has 0 rings (SSSR count). The van der Waals surface area contributed by atoms with E-state index in [0.29, 0.717) is 0 Å². The van der Waals surface area contributed by atoms with Gasteiger partial charge in [-0.05, 0) is 6.42 Å². The van der Waals surface area contributed by atoms with Gasteiger partial charge in [-0.15, -0.1) is 0 Å². The normalized spacial score (nSPS) is 11.8. The number of aliphatic hydroxyl groups is 1. The molecule has 0 aromatic rings. The molecule has 0 bridgehead atoms. The molecule has 0 aliphatic carbocycles. The molecule has 0 saturated heterocycles. The summed E-state index contributed by atoms with van der Waals surface area (Å²) < 4.78 is 0. The van der Waals surface area contributed by atoms with Crippen LogP contribution < -0.4 is 0 Å². The third-order valence-electron chi connectivity index (χ3n) is 0.672. The van der Waals surface area contributed by atoms with E-state index in [4.69, 9.17) is 10.2 Å². The van der Waals surface area contributed by atoms with Crippen LogP contribution in [0.1, 0.15) is 13.3 Å². The molecular formula is C4H8O3Ti. The maximum absolute atomic E-state index is 9.68. The molecule has 0 aromatic heterocycles. The van der Waals surface area contributed by atoms with Crippen molar-refractivity contribution < 1.29 is 36.7 Å². The Morgan fingerprint density at radius 2 is 2.12 bits per heavy atom. The van der Waals surface area contributed by atoms with E-state index < -0.39 is 12.1 Å². The van der Waals surface area contributed by atoms with Crippen molar-refractivity contribution in [3.05, 3.63) is 0 Å². The molecule has 0 amide bonds. The molecule has 0 aromatic carbocycles. The summed E-state index contributed by atoms with van der Waals surface area (Å²) in [6, 6.07) is 0. The molecule has 0 radical (unpaired) electrons. The van der Waals surface area contributed by atoms with Gasteiger partial charge in [0.25, 0.3) is 0 Å². The Kier molecular flexibility index (Phi) is 7.27. The zero-order valence-electron chi connectivity index (χ0n) is 4.59. The number of hydrogen-bond donors (Lipinski definition) is 2. The average Bonchev–Trinajstić information content (AvgIpc) is 1.65. The third kappa shape index (κ3) is 4.31. The van der Waals surface area contributed by atoms with Crippen LogP contribution in [0.4, 0.5) is 0 Å². The van der Waals surface area contributed by atoms with Crippen LogP contribution in [-0.2, 0) is 26.5 Å². The second kappa shape index (κ2) is 5.28. The van der Waals surface area contributed by atoms with E-state index in [1.165, 1.54) is 0 Å². The Labute approximate surface area is 62.6 Å². The molecule has 1 unspecified atom stereocenters. The second-order valence-corrected chi connectivity index (χ2v) is 1.26. The first kappa shape index (κ1) is 11.0. The van der Waals surface area contributed by atoms with Gasteiger partial charge in [-0.3, -0.25) is 0 Å². The van der Waals surface area contributed by atoms with E-state index in [1.54, 1.807) is 6.92 Å². The predicted octanol–water partition coefficient (Wildman–Crippen LogP) is -0.161. The minimum Gasteiger partial charge on any atom is -0.479 e. The van der Waals surface area contributed by atoms with Crippen LogP contribution >= 0.6 is 0 Å². The van der Waals surface area contributed by atoms with Crippen molar-refractivity contribution >= 4 is 5.97 Å². The van der Waals surface area contributed by atoms with Crippen LogP contribution in [0, 0.1) is 0 Å². The van der Waals surface area contributed by atoms with E-state index in [2.05, 4.69) is 0 Å². The summed E-state index contributed by atoms with van der Waals surface area (Å²) in [4.78, 5) is 9.68. The first-order valence-electron chi connectivity index (χ1n) is 2.09. The van der Waals surface area contributed by atoms with Crippen LogP contribution in [0.25, 0.3) is 0 Å². The zero-order valence-corrected chi connectivity index (χ0v) is 6.15. The fraction of sp³-hybridized carbons (Fsp3) is 0.750. The fourth-order valence-electron chi connectivity index (χ4n) is 0.175. The smallest absolute Gasteiger partial charge is 0.332 e. The second-order valence-electron chi connectivity index (χ2n) is 1.26. The number of hydrogen-bond acceptors (Lipinski definition) is 2. The molecule has 46 valence electrons. The van der Waals surface area contributed by atoms with Crippen molar-refractivity contribution in [2.75, 3.05) is 0 Å². The molecule has 0 aliphatic heterocycles. The number of carboxylic acid groups (broad SMARTS) is 1. The van der Waals surface area contributed by atoms with E-state index in [-0.39, 0.29) is 28.1 Å². The van der Waals surface area contributed by atoms with E-state index in [1.807, 2.05) is 0 Å². The monoisotopic (exact) mass is 152 g/mol. The molecule has 4 heteroatoms. The Morgan fingerprint density at radius 1 is 1.75 bits per heavy atom. The van der Waals surface area contributed by atoms with Crippen LogP contribution in [0.3, 0.4) is 0 Å². The van der Waals surface area contributed by atoms with Crippen LogP contribution in [0.5, 0.6) is 0 Å². The summed E-state index contributed by atoms with van der Waals surface area (Å²) >= 11 is 0. The molecular weight excluding hydrogens is 144 g/mol. The number of aliphatic hydroxyl groups excluding tert-OH is 1. The summed E-state index contributed by atoms with van der Waals surface area (Å²) in [5.41, 5.74) is 0. The molecule has 0 fully saturated rings. The van der Waals surface area contributed by atoms with Crippen LogP contribution in [0.2, 0.25) is 0 Å². The zero-order chi connectivity index (χ0) is 5.86. The standard InChI is InChI=1S/C4H8O3.Ti/c1-2-3(5)4(6)7;/h3,5H,2H2,1H3,(H,6,7);. The van der Waals surface area contributed by atoms with Crippen LogP contribution in [-0.4, -0.2) is 22.3 Å². The van der Waals surface area contributed by atoms with Gasteiger partial charge >= 0.3 is 5.97 Å². The minimum atomic E-state index is -1.18. The first-order chi connectivity index (χ1) is 3.18. The molecule has 3 nitrogen and oxygen atoms in total. The van der Waals surface area contributed by atoms with Gasteiger partial charge in [0, 0.05) is 21.7 Å². The van der Waals surface area contributed by atoms with Gasteiger partial charge in [-0.25, -0.2) is 4.79 Å². The van der Waals surface area contributed by atoms with E-state index in [9.17, 15) is 4.79 Å². The number of carboxylic acids is 1. The molecule has 0 spiro atoms. The summed E-state index contributed by atoms with van der Waals surface area (Å²) in [6.45, 7) is 1.61. The Bertz CT molecular complexity index is 73.7. The summed E-state index contributed by atoms with van der Waals surface area (Å²) in [6.07, 6.45) is -0.907. The van der Waals surface area contributed by atoms with Gasteiger partial charge in [0.2, 0.25) is 0 Å². The summed E-state index contributed by atoms with van der Waals surface area (Å²) in [7, 11) is 0. The van der Waals surface area contributed by atoms with Gasteiger partial charge in [-0.2, -0.15) is 0 Å². The minimum absolute atomic E-state index is 0. The molecule has 0 saturated carbocycles. The van der Waals surface area contributed by atoms with Gasteiger partial charge in [-0.1, -0.05) is 6.92 Å². The maximum Gasteiger partial charge on any atom is 0.332 e. The van der Waals surface area contributed by atoms with Crippen molar-refractivity contribution in [1.82, 2.24) is 0 Å². The average molecular weight is 152 g/mol. The van der Waals surface area contributed by atoms with Crippen molar-refractivity contribution in [2.45, 2.75) is 19.4 Å². The number of aliphatic carboxylic acids is 1. The quantitative estimate of drug-likeness (QED) is 0.540. The predicted molar refractivity (Wildman–Crippen MR) is 23.9 cm³/mol. The largest absolute Gasteiger partial charge is 0.479 e. The maximum atomic E-state index is 9.68. The molecule has 0 aliphatic rings. The number of carbonyl (C=O) groups is 1. The van der Waals surface area contributed by atoms with Gasteiger partial charge in [0.1, 0.15) is 0 Å². The van der Waals surface area contributed by atoms with E-state index in [0.717, 1.165) is 0 Å². The first-order valence-corrected chi connectivity index (χ1v) is 2.09. The molecule has 8 heavy (non-hydrogen) atoms. The Balaban J connectivity index is 0.